The largest absolute Gasteiger partial charge is 0.337 e. The number of H-pyrrole nitrogens is 1. The highest BCUT2D eigenvalue weighted by atomic mass is 35.5. The van der Waals surface area contributed by atoms with Crippen LogP contribution in [-0.4, -0.2) is 32.4 Å². The van der Waals surface area contributed by atoms with Crippen molar-refractivity contribution in [2.24, 2.45) is 5.92 Å². The van der Waals surface area contributed by atoms with Gasteiger partial charge in [0, 0.05) is 10.6 Å². The van der Waals surface area contributed by atoms with E-state index in [0.717, 1.165) is 5.56 Å². The van der Waals surface area contributed by atoms with Crippen LogP contribution in [0.3, 0.4) is 0 Å². The molecule has 1 aromatic carbocycles. The van der Waals surface area contributed by atoms with Crippen LogP contribution in [0.1, 0.15) is 20.8 Å². The summed E-state index contributed by atoms with van der Waals surface area (Å²) in [6, 6.07) is 9.37. The van der Waals surface area contributed by atoms with Gasteiger partial charge in [-0.3, -0.25) is 9.89 Å². The Morgan fingerprint density at radius 2 is 2.12 bits per heavy atom. The molecule has 0 radical (unpaired) electrons. The first-order chi connectivity index (χ1) is 11.3. The predicted octanol–water partition coefficient (Wildman–Crippen LogP) is 3.27. The molecule has 2 rings (SSSR count). The van der Waals surface area contributed by atoms with Gasteiger partial charge in [-0.2, -0.15) is 5.26 Å². The van der Waals surface area contributed by atoms with Gasteiger partial charge in [-0.1, -0.05) is 37.2 Å². The normalized spacial score (nSPS) is 13.3. The Balaban J connectivity index is 1.95. The SMILES string of the molecule is CC(C)C(C)(C#N)NC(=O)CSc1n[nH]c(-c2ccc(Cl)cc2)n1. The molecule has 0 fully saturated rings. The summed E-state index contributed by atoms with van der Waals surface area (Å²) in [4.78, 5) is 16.4. The van der Waals surface area contributed by atoms with Gasteiger partial charge in [0.15, 0.2) is 5.82 Å². The van der Waals surface area contributed by atoms with E-state index in [-0.39, 0.29) is 17.6 Å². The maximum absolute atomic E-state index is 12.0. The van der Waals surface area contributed by atoms with Gasteiger partial charge in [0.2, 0.25) is 11.1 Å². The number of nitrogens with zero attached hydrogens (tertiary/aromatic N) is 3. The number of thioether (sulfide) groups is 1. The molecule has 0 spiro atoms. The van der Waals surface area contributed by atoms with Crippen LogP contribution in [0.15, 0.2) is 29.4 Å². The molecule has 126 valence electrons. The van der Waals surface area contributed by atoms with E-state index in [1.807, 2.05) is 26.0 Å². The summed E-state index contributed by atoms with van der Waals surface area (Å²) in [6.45, 7) is 5.50. The quantitative estimate of drug-likeness (QED) is 0.768. The molecule has 0 saturated heterocycles. The first-order valence-electron chi connectivity index (χ1n) is 7.37. The van der Waals surface area contributed by atoms with Crippen molar-refractivity contribution < 1.29 is 4.79 Å². The molecule has 1 aromatic heterocycles. The zero-order valence-corrected chi connectivity index (χ0v) is 15.2. The van der Waals surface area contributed by atoms with Crippen molar-refractivity contribution in [3.8, 4) is 17.5 Å². The molecule has 1 atom stereocenters. The van der Waals surface area contributed by atoms with Crippen molar-refractivity contribution >= 4 is 29.3 Å². The third kappa shape index (κ3) is 4.49. The van der Waals surface area contributed by atoms with Crippen molar-refractivity contribution in [3.05, 3.63) is 29.3 Å². The third-order valence-electron chi connectivity index (χ3n) is 3.70. The van der Waals surface area contributed by atoms with E-state index in [1.54, 1.807) is 19.1 Å². The van der Waals surface area contributed by atoms with Gasteiger partial charge in [-0.25, -0.2) is 4.98 Å². The molecule has 0 aliphatic rings. The molecule has 2 aromatic rings. The number of nitrogens with one attached hydrogen (secondary N) is 2. The summed E-state index contributed by atoms with van der Waals surface area (Å²) in [6.07, 6.45) is 0. The van der Waals surface area contributed by atoms with E-state index in [1.165, 1.54) is 11.8 Å². The molecule has 6 nitrogen and oxygen atoms in total. The first-order valence-corrected chi connectivity index (χ1v) is 8.74. The fourth-order valence-electron chi connectivity index (χ4n) is 1.81. The second-order valence-electron chi connectivity index (χ2n) is 5.78. The third-order valence-corrected chi connectivity index (χ3v) is 4.80. The second kappa shape index (κ2) is 7.69. The maximum Gasteiger partial charge on any atom is 0.231 e. The summed E-state index contributed by atoms with van der Waals surface area (Å²) in [5.41, 5.74) is -0.0226. The molecular weight excluding hydrogens is 346 g/mol. The number of hydrogen-bond acceptors (Lipinski definition) is 5. The van der Waals surface area contributed by atoms with Crippen LogP contribution < -0.4 is 5.32 Å². The standard InChI is InChI=1S/C16H18ClN5OS/c1-10(2)16(3,9-18)20-13(23)8-24-15-19-14(21-22-15)11-4-6-12(17)7-5-11/h4-7,10H,8H2,1-3H3,(H,20,23)(H,19,21,22). The molecule has 2 N–H and O–H groups in total. The molecule has 1 amide bonds. The van der Waals surface area contributed by atoms with Crippen molar-refractivity contribution in [1.29, 1.82) is 5.26 Å². The lowest BCUT2D eigenvalue weighted by Gasteiger charge is -2.27. The van der Waals surface area contributed by atoms with Crippen LogP contribution in [0.2, 0.25) is 5.02 Å². The number of aromatic nitrogens is 3. The Bertz CT molecular complexity index is 753. The van der Waals surface area contributed by atoms with Crippen molar-refractivity contribution in [2.45, 2.75) is 31.5 Å². The Morgan fingerprint density at radius 1 is 1.46 bits per heavy atom. The average molecular weight is 364 g/mol. The smallest absolute Gasteiger partial charge is 0.231 e. The number of halogens is 1. The summed E-state index contributed by atoms with van der Waals surface area (Å²) in [7, 11) is 0. The topological polar surface area (TPSA) is 94.5 Å². The van der Waals surface area contributed by atoms with Gasteiger partial charge < -0.3 is 5.32 Å². The summed E-state index contributed by atoms with van der Waals surface area (Å²) >= 11 is 7.07. The van der Waals surface area contributed by atoms with E-state index in [2.05, 4.69) is 26.6 Å². The van der Waals surface area contributed by atoms with Crippen LogP contribution >= 0.6 is 23.4 Å². The van der Waals surface area contributed by atoms with E-state index in [0.29, 0.717) is 16.0 Å². The number of benzene rings is 1. The Labute approximate surface area is 150 Å². The van der Waals surface area contributed by atoms with E-state index in [9.17, 15) is 10.1 Å². The van der Waals surface area contributed by atoms with Gasteiger partial charge in [-0.05, 0) is 37.1 Å². The molecule has 0 aliphatic carbocycles. The highest BCUT2D eigenvalue weighted by Crippen LogP contribution is 2.21. The number of carbonyl (C=O) groups excluding carboxylic acids is 1. The molecule has 1 heterocycles. The number of carbonyl (C=O) groups is 1. The zero-order valence-electron chi connectivity index (χ0n) is 13.6. The van der Waals surface area contributed by atoms with Crippen molar-refractivity contribution in [2.75, 3.05) is 5.75 Å². The van der Waals surface area contributed by atoms with Crippen LogP contribution in [0, 0.1) is 17.2 Å². The molecule has 8 heteroatoms. The van der Waals surface area contributed by atoms with Gasteiger partial charge >= 0.3 is 0 Å². The van der Waals surface area contributed by atoms with Gasteiger partial charge in [0.05, 0.1) is 11.8 Å². The molecular formula is C16H18ClN5OS. The molecule has 0 bridgehead atoms. The number of rotatable bonds is 6. The fraction of sp³-hybridized carbons (Fsp3) is 0.375. The van der Waals surface area contributed by atoms with Gasteiger partial charge in [-0.15, -0.1) is 5.10 Å². The lowest BCUT2D eigenvalue weighted by atomic mass is 9.90. The monoisotopic (exact) mass is 363 g/mol. The minimum absolute atomic E-state index is 0.0106. The van der Waals surface area contributed by atoms with Gasteiger partial charge in [0.25, 0.3) is 0 Å². The lowest BCUT2D eigenvalue weighted by Crippen LogP contribution is -2.49. The van der Waals surface area contributed by atoms with E-state index >= 15 is 0 Å². The Morgan fingerprint density at radius 3 is 2.71 bits per heavy atom. The zero-order chi connectivity index (χ0) is 17.7. The summed E-state index contributed by atoms with van der Waals surface area (Å²) in [5.74, 6) is 0.535. The summed E-state index contributed by atoms with van der Waals surface area (Å²) < 4.78 is 0. The Hall–Kier alpha value is -2.04. The highest BCUT2D eigenvalue weighted by Gasteiger charge is 2.29. The average Bonchev–Trinajstić information content (AvgIpc) is 3.02. The first kappa shape index (κ1) is 18.3. The highest BCUT2D eigenvalue weighted by molar-refractivity contribution is 7.99. The number of amides is 1. The van der Waals surface area contributed by atoms with Crippen LogP contribution in [0.25, 0.3) is 11.4 Å². The maximum atomic E-state index is 12.0. The van der Waals surface area contributed by atoms with Crippen LogP contribution in [-0.2, 0) is 4.79 Å². The predicted molar refractivity (Wildman–Crippen MR) is 94.6 cm³/mol. The van der Waals surface area contributed by atoms with Crippen LogP contribution in [0.5, 0.6) is 0 Å². The lowest BCUT2D eigenvalue weighted by molar-refractivity contribution is -0.120. The van der Waals surface area contributed by atoms with E-state index < -0.39 is 5.54 Å². The van der Waals surface area contributed by atoms with Crippen molar-refractivity contribution in [3.63, 3.8) is 0 Å². The number of hydrogen-bond donors (Lipinski definition) is 2. The molecule has 24 heavy (non-hydrogen) atoms. The summed E-state index contributed by atoms with van der Waals surface area (Å²) in [5, 5.41) is 20.0. The number of aromatic amines is 1. The minimum atomic E-state index is -0.884. The Kier molecular flexibility index (Phi) is 5.86. The molecule has 0 aliphatic heterocycles. The van der Waals surface area contributed by atoms with Gasteiger partial charge in [0.1, 0.15) is 5.54 Å². The second-order valence-corrected chi connectivity index (χ2v) is 7.16. The molecule has 1 unspecified atom stereocenters. The van der Waals surface area contributed by atoms with Crippen LogP contribution in [0.4, 0.5) is 0 Å². The van der Waals surface area contributed by atoms with Crippen molar-refractivity contribution in [1.82, 2.24) is 20.5 Å². The molecule has 0 saturated carbocycles. The van der Waals surface area contributed by atoms with E-state index in [4.69, 9.17) is 11.6 Å². The minimum Gasteiger partial charge on any atom is -0.337 e. The number of nitriles is 1. The fourth-order valence-corrected chi connectivity index (χ4v) is 2.53.